The minimum absolute atomic E-state index is 0.0116. The van der Waals surface area contributed by atoms with Crippen LogP contribution in [0.1, 0.15) is 41.1 Å². The van der Waals surface area contributed by atoms with Gasteiger partial charge in [-0.15, -0.1) is 0 Å². The van der Waals surface area contributed by atoms with Crippen molar-refractivity contribution in [3.63, 3.8) is 0 Å². The Morgan fingerprint density at radius 3 is 2.52 bits per heavy atom. The molecule has 1 aromatic heterocycles. The van der Waals surface area contributed by atoms with Crippen LogP contribution in [0.4, 0.5) is 14.5 Å². The van der Waals surface area contributed by atoms with Crippen LogP contribution in [-0.2, 0) is 6.61 Å². The molecule has 0 bridgehead atoms. The van der Waals surface area contributed by atoms with Crippen molar-refractivity contribution in [1.82, 2.24) is 0 Å². The van der Waals surface area contributed by atoms with Gasteiger partial charge in [0.05, 0.1) is 0 Å². The highest BCUT2D eigenvalue weighted by Gasteiger charge is 2.12. The fourth-order valence-electron chi connectivity index (χ4n) is 3.55. The molecule has 1 aliphatic rings. The molecule has 0 amide bonds. The Hall–Kier alpha value is -3.41. The van der Waals surface area contributed by atoms with Gasteiger partial charge in [-0.1, -0.05) is 0 Å². The van der Waals surface area contributed by atoms with Crippen molar-refractivity contribution in [1.29, 1.82) is 0 Å². The van der Waals surface area contributed by atoms with Gasteiger partial charge >= 0.3 is 0 Å². The lowest BCUT2D eigenvalue weighted by atomic mass is 10.1. The Bertz CT molecular complexity index is 1070. The number of halogens is 2. The standard InChI is InChI=1S/C25H23F2NO3/c26-19-6-13-25(23(27)16-19)30-17-22-10-9-21(31-22)11-12-24(29)18-4-7-20(8-5-18)28-14-2-1-3-15-28/h4-13,16H,1-3,14-15,17H2/b12-11+. The average molecular weight is 423 g/mol. The third-order valence-electron chi connectivity index (χ3n) is 5.22. The van der Waals surface area contributed by atoms with Gasteiger partial charge in [-0.3, -0.25) is 4.79 Å². The number of ether oxygens (including phenoxy) is 1. The molecule has 0 aliphatic carbocycles. The Morgan fingerprint density at radius 2 is 1.77 bits per heavy atom. The van der Waals surface area contributed by atoms with Crippen molar-refractivity contribution >= 4 is 17.5 Å². The van der Waals surface area contributed by atoms with Crippen LogP contribution in [0.25, 0.3) is 6.08 Å². The van der Waals surface area contributed by atoms with Crippen molar-refractivity contribution < 1.29 is 22.7 Å². The topological polar surface area (TPSA) is 42.7 Å². The van der Waals surface area contributed by atoms with Gasteiger partial charge in [0.2, 0.25) is 0 Å². The van der Waals surface area contributed by atoms with Crippen molar-refractivity contribution in [3.8, 4) is 5.75 Å². The zero-order valence-electron chi connectivity index (χ0n) is 17.0. The van der Waals surface area contributed by atoms with Gasteiger partial charge in [0.25, 0.3) is 0 Å². The van der Waals surface area contributed by atoms with E-state index in [0.29, 0.717) is 17.1 Å². The molecule has 3 aromatic rings. The van der Waals surface area contributed by atoms with Crippen LogP contribution in [0.15, 0.2) is 65.1 Å². The zero-order valence-corrected chi connectivity index (χ0v) is 17.0. The van der Waals surface area contributed by atoms with E-state index >= 15 is 0 Å². The number of nitrogens with zero attached hydrogens (tertiary/aromatic N) is 1. The monoisotopic (exact) mass is 423 g/mol. The van der Waals surface area contributed by atoms with Gasteiger partial charge in [0.1, 0.15) is 23.9 Å². The van der Waals surface area contributed by atoms with Gasteiger partial charge in [0.15, 0.2) is 17.3 Å². The molecule has 160 valence electrons. The summed E-state index contributed by atoms with van der Waals surface area (Å²) in [7, 11) is 0. The fourth-order valence-corrected chi connectivity index (χ4v) is 3.55. The molecule has 4 rings (SSSR count). The molecule has 2 heterocycles. The SMILES string of the molecule is O=C(/C=C/c1ccc(COc2ccc(F)cc2F)o1)c1ccc(N2CCCCC2)cc1. The second-order valence-corrected chi connectivity index (χ2v) is 7.46. The maximum Gasteiger partial charge on any atom is 0.185 e. The fraction of sp³-hybridized carbons (Fsp3) is 0.240. The number of ketones is 1. The van der Waals surface area contributed by atoms with Crippen molar-refractivity contribution in [3.05, 3.63) is 89.4 Å². The Morgan fingerprint density at radius 1 is 1.00 bits per heavy atom. The van der Waals surface area contributed by atoms with E-state index in [1.54, 1.807) is 18.2 Å². The Balaban J connectivity index is 1.33. The maximum absolute atomic E-state index is 13.6. The molecule has 2 aromatic carbocycles. The summed E-state index contributed by atoms with van der Waals surface area (Å²) in [4.78, 5) is 14.8. The van der Waals surface area contributed by atoms with Gasteiger partial charge < -0.3 is 14.1 Å². The van der Waals surface area contributed by atoms with Gasteiger partial charge in [-0.25, -0.2) is 8.78 Å². The molecule has 1 fully saturated rings. The molecular formula is C25H23F2NO3. The van der Waals surface area contributed by atoms with Gasteiger partial charge in [-0.2, -0.15) is 0 Å². The predicted octanol–water partition coefficient (Wildman–Crippen LogP) is 6.02. The first-order valence-corrected chi connectivity index (χ1v) is 10.3. The summed E-state index contributed by atoms with van der Waals surface area (Å²) in [5.41, 5.74) is 1.76. The maximum atomic E-state index is 13.6. The first-order valence-electron chi connectivity index (χ1n) is 10.3. The summed E-state index contributed by atoms with van der Waals surface area (Å²) in [6.07, 6.45) is 6.74. The number of piperidine rings is 1. The highest BCUT2D eigenvalue weighted by Crippen LogP contribution is 2.22. The second-order valence-electron chi connectivity index (χ2n) is 7.46. The van der Waals surface area contributed by atoms with Crippen LogP contribution in [-0.4, -0.2) is 18.9 Å². The molecular weight excluding hydrogens is 400 g/mol. The van der Waals surface area contributed by atoms with Crippen LogP contribution in [0.2, 0.25) is 0 Å². The largest absolute Gasteiger partial charge is 0.483 e. The third-order valence-corrected chi connectivity index (χ3v) is 5.22. The lowest BCUT2D eigenvalue weighted by Gasteiger charge is -2.28. The number of allylic oxidation sites excluding steroid dienone is 1. The number of hydrogen-bond acceptors (Lipinski definition) is 4. The number of carbonyl (C=O) groups excluding carboxylic acids is 1. The van der Waals surface area contributed by atoms with Crippen LogP contribution < -0.4 is 9.64 Å². The highest BCUT2D eigenvalue weighted by atomic mass is 19.1. The molecule has 6 heteroatoms. The van der Waals surface area contributed by atoms with E-state index in [9.17, 15) is 13.6 Å². The minimum Gasteiger partial charge on any atom is -0.483 e. The molecule has 1 saturated heterocycles. The van der Waals surface area contributed by atoms with E-state index in [2.05, 4.69) is 4.90 Å². The number of carbonyl (C=O) groups is 1. The van der Waals surface area contributed by atoms with E-state index in [1.807, 2.05) is 24.3 Å². The lowest BCUT2D eigenvalue weighted by Crippen LogP contribution is -2.29. The van der Waals surface area contributed by atoms with Gasteiger partial charge in [-0.05, 0) is 79.9 Å². The van der Waals surface area contributed by atoms with E-state index in [0.717, 1.165) is 30.9 Å². The van der Waals surface area contributed by atoms with Crippen molar-refractivity contribution in [2.75, 3.05) is 18.0 Å². The summed E-state index contributed by atoms with van der Waals surface area (Å²) in [6.45, 7) is 2.11. The number of benzene rings is 2. The molecule has 1 aliphatic heterocycles. The first-order chi connectivity index (χ1) is 15.1. The summed E-state index contributed by atoms with van der Waals surface area (Å²) in [6, 6.07) is 14.2. The highest BCUT2D eigenvalue weighted by molar-refractivity contribution is 6.06. The Kier molecular flexibility index (Phi) is 6.46. The van der Waals surface area contributed by atoms with Crippen LogP contribution >= 0.6 is 0 Å². The van der Waals surface area contributed by atoms with Gasteiger partial charge in [0, 0.05) is 30.4 Å². The zero-order chi connectivity index (χ0) is 21.6. The number of rotatable bonds is 7. The molecule has 0 N–H and O–H groups in total. The quantitative estimate of drug-likeness (QED) is 0.344. The third kappa shape index (κ3) is 5.40. The molecule has 4 nitrogen and oxygen atoms in total. The van der Waals surface area contributed by atoms with Crippen LogP contribution in [0.3, 0.4) is 0 Å². The smallest absolute Gasteiger partial charge is 0.185 e. The number of hydrogen-bond donors (Lipinski definition) is 0. The van der Waals surface area contributed by atoms with E-state index in [4.69, 9.17) is 9.15 Å². The molecule has 0 atom stereocenters. The van der Waals surface area contributed by atoms with Crippen LogP contribution in [0, 0.1) is 11.6 Å². The summed E-state index contributed by atoms with van der Waals surface area (Å²) < 4.78 is 37.5. The van der Waals surface area contributed by atoms with Crippen molar-refractivity contribution in [2.24, 2.45) is 0 Å². The number of anilines is 1. The lowest BCUT2D eigenvalue weighted by molar-refractivity contribution is 0.104. The summed E-state index contributed by atoms with van der Waals surface area (Å²) in [5, 5.41) is 0. The van der Waals surface area contributed by atoms with Crippen molar-refractivity contribution in [2.45, 2.75) is 25.9 Å². The molecule has 0 unspecified atom stereocenters. The van der Waals surface area contributed by atoms with E-state index < -0.39 is 11.6 Å². The normalized spacial score (nSPS) is 14.2. The molecule has 0 spiro atoms. The number of furan rings is 1. The molecule has 0 radical (unpaired) electrons. The summed E-state index contributed by atoms with van der Waals surface area (Å²) in [5.74, 6) is -0.673. The van der Waals surface area contributed by atoms with E-state index in [1.165, 1.54) is 31.4 Å². The predicted molar refractivity (Wildman–Crippen MR) is 115 cm³/mol. The molecule has 31 heavy (non-hydrogen) atoms. The average Bonchev–Trinajstić information content (AvgIpc) is 3.25. The van der Waals surface area contributed by atoms with Crippen LogP contribution in [0.5, 0.6) is 5.75 Å². The molecule has 0 saturated carbocycles. The second kappa shape index (κ2) is 9.60. The summed E-state index contributed by atoms with van der Waals surface area (Å²) >= 11 is 0. The van der Waals surface area contributed by atoms with E-state index in [-0.39, 0.29) is 18.1 Å². The Labute approximate surface area is 179 Å². The minimum atomic E-state index is -0.774. The first kappa shape index (κ1) is 20.8.